The lowest BCUT2D eigenvalue weighted by atomic mass is 9.82. The van der Waals surface area contributed by atoms with E-state index in [0.717, 1.165) is 25.7 Å². The fourth-order valence-electron chi connectivity index (χ4n) is 2.56. The van der Waals surface area contributed by atoms with E-state index >= 15 is 0 Å². The third kappa shape index (κ3) is 3.11. The topological polar surface area (TPSA) is 64.3 Å². The first kappa shape index (κ1) is 11.7. The molecule has 0 saturated heterocycles. The van der Waals surface area contributed by atoms with Gasteiger partial charge in [-0.1, -0.05) is 19.3 Å². The number of hydrogen-bond donors (Lipinski definition) is 2. The van der Waals surface area contributed by atoms with Gasteiger partial charge < -0.3 is 15.8 Å². The third-order valence-corrected chi connectivity index (χ3v) is 3.73. The number of alkyl carbamates (subject to hydrolysis) is 1. The van der Waals surface area contributed by atoms with Crippen molar-refractivity contribution in [3.05, 3.63) is 0 Å². The van der Waals surface area contributed by atoms with Gasteiger partial charge in [0.2, 0.25) is 0 Å². The van der Waals surface area contributed by atoms with Crippen LogP contribution in [0.2, 0.25) is 0 Å². The lowest BCUT2D eigenvalue weighted by molar-refractivity contribution is 0.0181. The summed E-state index contributed by atoms with van der Waals surface area (Å²) in [5, 5.41) is 2.96. The average molecular weight is 226 g/mol. The molecule has 0 aromatic heterocycles. The molecule has 2 saturated carbocycles. The molecule has 0 unspecified atom stereocenters. The largest absolute Gasteiger partial charge is 0.446 e. The van der Waals surface area contributed by atoms with Gasteiger partial charge in [0, 0.05) is 6.04 Å². The zero-order chi connectivity index (χ0) is 11.4. The fraction of sp³-hybridized carbons (Fsp3) is 0.917. The van der Waals surface area contributed by atoms with Gasteiger partial charge in [0.05, 0.1) is 0 Å². The monoisotopic (exact) mass is 226 g/mol. The molecule has 2 aliphatic carbocycles. The molecule has 4 nitrogen and oxygen atoms in total. The summed E-state index contributed by atoms with van der Waals surface area (Å²) in [6.07, 6.45) is 7.71. The van der Waals surface area contributed by atoms with Crippen LogP contribution in [0.5, 0.6) is 0 Å². The van der Waals surface area contributed by atoms with Crippen molar-refractivity contribution in [1.29, 1.82) is 0 Å². The number of amides is 1. The second-order valence-corrected chi connectivity index (χ2v) is 5.08. The SMILES string of the molecule is NCC1CC(OC(=O)NC2CCCCC2)C1. The Morgan fingerprint density at radius 1 is 1.25 bits per heavy atom. The van der Waals surface area contributed by atoms with E-state index in [-0.39, 0.29) is 12.2 Å². The van der Waals surface area contributed by atoms with Crippen LogP contribution in [0.4, 0.5) is 4.79 Å². The Hall–Kier alpha value is -0.770. The van der Waals surface area contributed by atoms with E-state index < -0.39 is 0 Å². The van der Waals surface area contributed by atoms with Crippen LogP contribution in [-0.2, 0) is 4.74 Å². The van der Waals surface area contributed by atoms with Crippen molar-refractivity contribution >= 4 is 6.09 Å². The van der Waals surface area contributed by atoms with Crippen LogP contribution in [0.3, 0.4) is 0 Å². The van der Waals surface area contributed by atoms with E-state index in [9.17, 15) is 4.79 Å². The molecular formula is C12H22N2O2. The maximum Gasteiger partial charge on any atom is 0.407 e. The van der Waals surface area contributed by atoms with Gasteiger partial charge in [-0.15, -0.1) is 0 Å². The minimum Gasteiger partial charge on any atom is -0.446 e. The lowest BCUT2D eigenvalue weighted by Crippen LogP contribution is -2.43. The molecule has 3 N–H and O–H groups in total. The third-order valence-electron chi connectivity index (χ3n) is 3.73. The highest BCUT2D eigenvalue weighted by Gasteiger charge is 2.31. The van der Waals surface area contributed by atoms with Crippen molar-refractivity contribution < 1.29 is 9.53 Å². The first-order valence-corrected chi connectivity index (χ1v) is 6.45. The Labute approximate surface area is 96.9 Å². The van der Waals surface area contributed by atoms with E-state index in [1.807, 2.05) is 0 Å². The molecule has 92 valence electrons. The Bertz CT molecular complexity index is 233. The highest BCUT2D eigenvalue weighted by Crippen LogP contribution is 2.29. The van der Waals surface area contributed by atoms with Crippen LogP contribution < -0.4 is 11.1 Å². The van der Waals surface area contributed by atoms with E-state index in [1.165, 1.54) is 19.3 Å². The van der Waals surface area contributed by atoms with Gasteiger partial charge in [-0.2, -0.15) is 0 Å². The second-order valence-electron chi connectivity index (χ2n) is 5.08. The molecule has 4 heteroatoms. The lowest BCUT2D eigenvalue weighted by Gasteiger charge is -2.34. The van der Waals surface area contributed by atoms with Gasteiger partial charge in [0.25, 0.3) is 0 Å². The van der Waals surface area contributed by atoms with Gasteiger partial charge in [-0.3, -0.25) is 0 Å². The molecule has 2 fully saturated rings. The van der Waals surface area contributed by atoms with Gasteiger partial charge >= 0.3 is 6.09 Å². The van der Waals surface area contributed by atoms with Gasteiger partial charge in [0.15, 0.2) is 0 Å². The zero-order valence-electron chi connectivity index (χ0n) is 9.78. The summed E-state index contributed by atoms with van der Waals surface area (Å²) in [5.74, 6) is 0.562. The van der Waals surface area contributed by atoms with Crippen molar-refractivity contribution in [2.45, 2.75) is 57.1 Å². The summed E-state index contributed by atoms with van der Waals surface area (Å²) in [6, 6.07) is 0.339. The van der Waals surface area contributed by atoms with E-state index in [2.05, 4.69) is 5.32 Å². The second kappa shape index (κ2) is 5.53. The van der Waals surface area contributed by atoms with Crippen molar-refractivity contribution in [3.8, 4) is 0 Å². The normalized spacial score (nSPS) is 30.6. The molecule has 2 rings (SSSR count). The first-order valence-electron chi connectivity index (χ1n) is 6.45. The van der Waals surface area contributed by atoms with Crippen molar-refractivity contribution in [1.82, 2.24) is 5.32 Å². The van der Waals surface area contributed by atoms with Crippen LogP contribution in [0.15, 0.2) is 0 Å². The molecule has 0 aromatic carbocycles. The molecular weight excluding hydrogens is 204 g/mol. The first-order chi connectivity index (χ1) is 7.78. The molecule has 0 aliphatic heterocycles. The summed E-state index contributed by atoms with van der Waals surface area (Å²) < 4.78 is 5.32. The summed E-state index contributed by atoms with van der Waals surface area (Å²) in [5.41, 5.74) is 5.52. The number of carbonyl (C=O) groups excluding carboxylic acids is 1. The quantitative estimate of drug-likeness (QED) is 0.771. The maximum atomic E-state index is 11.5. The van der Waals surface area contributed by atoms with Crippen LogP contribution in [-0.4, -0.2) is 24.8 Å². The molecule has 0 atom stereocenters. The van der Waals surface area contributed by atoms with Crippen LogP contribution in [0, 0.1) is 5.92 Å². The number of rotatable bonds is 3. The highest BCUT2D eigenvalue weighted by atomic mass is 16.6. The number of nitrogens with one attached hydrogen (secondary N) is 1. The average Bonchev–Trinajstić information content (AvgIpc) is 2.24. The Kier molecular flexibility index (Phi) is 4.04. The molecule has 1 amide bonds. The van der Waals surface area contributed by atoms with E-state index in [4.69, 9.17) is 10.5 Å². The molecule has 0 bridgehead atoms. The number of ether oxygens (including phenoxy) is 1. The van der Waals surface area contributed by atoms with Crippen molar-refractivity contribution in [2.75, 3.05) is 6.54 Å². The summed E-state index contributed by atoms with van der Waals surface area (Å²) in [7, 11) is 0. The van der Waals surface area contributed by atoms with Crippen LogP contribution in [0.1, 0.15) is 44.9 Å². The predicted octanol–water partition coefficient (Wildman–Crippen LogP) is 1.78. The van der Waals surface area contributed by atoms with Crippen molar-refractivity contribution in [3.63, 3.8) is 0 Å². The smallest absolute Gasteiger partial charge is 0.407 e. The molecule has 0 aromatic rings. The van der Waals surface area contributed by atoms with Crippen molar-refractivity contribution in [2.24, 2.45) is 11.7 Å². The van der Waals surface area contributed by atoms with Gasteiger partial charge in [-0.25, -0.2) is 4.79 Å². The number of carbonyl (C=O) groups is 1. The van der Waals surface area contributed by atoms with Crippen LogP contribution in [0.25, 0.3) is 0 Å². The Balaban J connectivity index is 1.61. The number of nitrogens with two attached hydrogens (primary N) is 1. The van der Waals surface area contributed by atoms with Crippen LogP contribution >= 0.6 is 0 Å². The molecule has 0 heterocycles. The highest BCUT2D eigenvalue weighted by molar-refractivity contribution is 5.67. The molecule has 16 heavy (non-hydrogen) atoms. The molecule has 2 aliphatic rings. The van der Waals surface area contributed by atoms with E-state index in [1.54, 1.807) is 0 Å². The summed E-state index contributed by atoms with van der Waals surface area (Å²) in [4.78, 5) is 11.5. The van der Waals surface area contributed by atoms with E-state index in [0.29, 0.717) is 18.5 Å². The minimum absolute atomic E-state index is 0.108. The zero-order valence-corrected chi connectivity index (χ0v) is 9.78. The fourth-order valence-corrected chi connectivity index (χ4v) is 2.56. The maximum absolute atomic E-state index is 11.5. The standard InChI is InChI=1S/C12H22N2O2/c13-8-9-6-11(7-9)16-12(15)14-10-4-2-1-3-5-10/h9-11H,1-8,13H2,(H,14,15). The summed E-state index contributed by atoms with van der Waals surface area (Å²) in [6.45, 7) is 0.712. The number of hydrogen-bond acceptors (Lipinski definition) is 3. The van der Waals surface area contributed by atoms with Gasteiger partial charge in [0.1, 0.15) is 6.10 Å². The molecule has 0 spiro atoms. The Morgan fingerprint density at radius 2 is 1.94 bits per heavy atom. The van der Waals surface area contributed by atoms with Gasteiger partial charge in [-0.05, 0) is 38.1 Å². The summed E-state index contributed by atoms with van der Waals surface area (Å²) >= 11 is 0. The Morgan fingerprint density at radius 3 is 2.56 bits per heavy atom. The predicted molar refractivity (Wildman–Crippen MR) is 62.1 cm³/mol. The minimum atomic E-state index is -0.229. The molecule has 0 radical (unpaired) electrons.